The molecule has 1 atom stereocenters. The molecule has 2 rings (SSSR count). The first kappa shape index (κ1) is 11.0. The van der Waals surface area contributed by atoms with E-state index < -0.39 is 12.0 Å². The monoisotopic (exact) mass is 236 g/mol. The maximum absolute atomic E-state index is 10.7. The Morgan fingerprint density at radius 3 is 2.88 bits per heavy atom. The van der Waals surface area contributed by atoms with Gasteiger partial charge < -0.3 is 15.8 Å². The molecule has 1 aromatic carbocycles. The third-order valence-electron chi connectivity index (χ3n) is 2.53. The van der Waals surface area contributed by atoms with Crippen molar-refractivity contribution in [3.8, 4) is 0 Å². The van der Waals surface area contributed by atoms with Crippen LogP contribution < -0.4 is 5.73 Å². The van der Waals surface area contributed by atoms with Gasteiger partial charge in [0.2, 0.25) is 0 Å². The van der Waals surface area contributed by atoms with Gasteiger partial charge in [0.25, 0.3) is 0 Å². The number of hydrogen-bond donors (Lipinski definition) is 4. The molecular formula is C11H12N2O2S. The molecule has 0 saturated carbocycles. The number of fused-ring (bicyclic) bond motifs is 1. The number of rotatable bonds is 3. The number of H-pyrrole nitrogens is 1. The van der Waals surface area contributed by atoms with Gasteiger partial charge >= 0.3 is 5.97 Å². The first-order valence-corrected chi connectivity index (χ1v) is 5.31. The van der Waals surface area contributed by atoms with Gasteiger partial charge in [0.1, 0.15) is 6.04 Å². The van der Waals surface area contributed by atoms with Crippen molar-refractivity contribution >= 4 is 29.5 Å². The van der Waals surface area contributed by atoms with Crippen LogP contribution in [0, 0.1) is 0 Å². The lowest BCUT2D eigenvalue weighted by molar-refractivity contribution is -0.138. The number of carbonyl (C=O) groups is 1. The van der Waals surface area contributed by atoms with E-state index in [1.54, 1.807) is 0 Å². The van der Waals surface area contributed by atoms with Crippen LogP contribution in [0.25, 0.3) is 10.9 Å². The van der Waals surface area contributed by atoms with E-state index in [2.05, 4.69) is 17.6 Å². The van der Waals surface area contributed by atoms with Gasteiger partial charge in [-0.2, -0.15) is 0 Å². The largest absolute Gasteiger partial charge is 0.480 e. The molecule has 0 spiro atoms. The predicted molar refractivity (Wildman–Crippen MR) is 64.9 cm³/mol. The molecule has 1 heterocycles. The minimum atomic E-state index is -1.00. The summed E-state index contributed by atoms with van der Waals surface area (Å²) in [5.74, 6) is -1.00. The summed E-state index contributed by atoms with van der Waals surface area (Å²) in [6.45, 7) is 0. The van der Waals surface area contributed by atoms with Crippen molar-refractivity contribution in [1.29, 1.82) is 0 Å². The van der Waals surface area contributed by atoms with Crippen molar-refractivity contribution < 1.29 is 9.90 Å². The normalized spacial score (nSPS) is 12.9. The average molecular weight is 236 g/mol. The number of carboxylic acids is 1. The first-order chi connectivity index (χ1) is 7.59. The molecule has 0 aliphatic heterocycles. The molecule has 84 valence electrons. The molecule has 0 aliphatic rings. The third kappa shape index (κ3) is 1.91. The van der Waals surface area contributed by atoms with Crippen LogP contribution >= 0.6 is 12.6 Å². The fourth-order valence-corrected chi connectivity index (χ4v) is 2.03. The number of aromatic nitrogens is 1. The third-order valence-corrected chi connectivity index (χ3v) is 2.91. The Hall–Kier alpha value is -1.46. The van der Waals surface area contributed by atoms with Crippen molar-refractivity contribution in [1.82, 2.24) is 4.98 Å². The fourth-order valence-electron chi connectivity index (χ4n) is 1.70. The Morgan fingerprint density at radius 1 is 1.50 bits per heavy atom. The summed E-state index contributed by atoms with van der Waals surface area (Å²) in [5.41, 5.74) is 7.32. The molecule has 5 heteroatoms. The Kier molecular flexibility index (Phi) is 2.89. The lowest BCUT2D eigenvalue weighted by Gasteiger charge is -2.05. The van der Waals surface area contributed by atoms with E-state index in [1.807, 2.05) is 24.3 Å². The molecule has 0 saturated heterocycles. The summed E-state index contributed by atoms with van der Waals surface area (Å²) in [5, 5.41) is 10.4. The molecule has 1 aromatic heterocycles. The zero-order chi connectivity index (χ0) is 11.7. The summed E-state index contributed by atoms with van der Waals surface area (Å²) < 4.78 is 0. The molecule has 4 N–H and O–H groups in total. The molecule has 0 aliphatic carbocycles. The minimum Gasteiger partial charge on any atom is -0.480 e. The summed E-state index contributed by atoms with van der Waals surface area (Å²) in [6.07, 6.45) is 0.276. The van der Waals surface area contributed by atoms with Crippen molar-refractivity contribution in [2.45, 2.75) is 17.5 Å². The number of thiol groups is 1. The van der Waals surface area contributed by atoms with Crippen LogP contribution in [0.15, 0.2) is 29.3 Å². The van der Waals surface area contributed by atoms with Crippen LogP contribution in [0.5, 0.6) is 0 Å². The summed E-state index contributed by atoms with van der Waals surface area (Å²) in [6, 6.07) is 6.76. The number of hydrogen-bond acceptors (Lipinski definition) is 3. The standard InChI is InChI=1S/C11H12N2O2S/c12-8(11(14)15)5-7-6-3-1-2-4-9(6)13-10(7)16/h1-4,8,13,16H,5,12H2,(H,14,15). The molecule has 0 fully saturated rings. The Balaban J connectivity index is 2.43. The molecular weight excluding hydrogens is 224 g/mol. The van der Waals surface area contributed by atoms with Gasteiger partial charge in [-0.15, -0.1) is 12.6 Å². The fraction of sp³-hybridized carbons (Fsp3) is 0.182. The Labute approximate surface area is 97.9 Å². The SMILES string of the molecule is NC(Cc1c(S)[nH]c2ccccc12)C(=O)O. The van der Waals surface area contributed by atoms with Gasteiger partial charge in [-0.1, -0.05) is 18.2 Å². The van der Waals surface area contributed by atoms with E-state index in [1.165, 1.54) is 0 Å². The van der Waals surface area contributed by atoms with Crippen LogP contribution in [0.3, 0.4) is 0 Å². The average Bonchev–Trinajstić information content (AvgIpc) is 2.55. The number of nitrogens with one attached hydrogen (secondary N) is 1. The highest BCUT2D eigenvalue weighted by Crippen LogP contribution is 2.25. The molecule has 0 radical (unpaired) electrons. The summed E-state index contributed by atoms with van der Waals surface area (Å²) in [4.78, 5) is 13.8. The van der Waals surface area contributed by atoms with E-state index in [4.69, 9.17) is 10.8 Å². The summed E-state index contributed by atoms with van der Waals surface area (Å²) in [7, 11) is 0. The second-order valence-electron chi connectivity index (χ2n) is 3.65. The zero-order valence-corrected chi connectivity index (χ0v) is 9.37. The second-order valence-corrected chi connectivity index (χ2v) is 4.09. The van der Waals surface area contributed by atoms with Crippen LogP contribution in [0.2, 0.25) is 0 Å². The topological polar surface area (TPSA) is 79.1 Å². The first-order valence-electron chi connectivity index (χ1n) is 4.86. The van der Waals surface area contributed by atoms with Crippen LogP contribution in [0.4, 0.5) is 0 Å². The molecule has 1 unspecified atom stereocenters. The van der Waals surface area contributed by atoms with Crippen molar-refractivity contribution in [2.75, 3.05) is 0 Å². The van der Waals surface area contributed by atoms with Crippen molar-refractivity contribution in [3.05, 3.63) is 29.8 Å². The highest BCUT2D eigenvalue weighted by molar-refractivity contribution is 7.80. The number of aromatic amines is 1. The van der Waals surface area contributed by atoms with E-state index in [9.17, 15) is 4.79 Å². The van der Waals surface area contributed by atoms with Gasteiger partial charge in [-0.25, -0.2) is 0 Å². The maximum Gasteiger partial charge on any atom is 0.320 e. The molecule has 16 heavy (non-hydrogen) atoms. The van der Waals surface area contributed by atoms with Gasteiger partial charge in [0.15, 0.2) is 0 Å². The van der Waals surface area contributed by atoms with Gasteiger partial charge in [0.05, 0.1) is 5.03 Å². The number of aliphatic carboxylic acids is 1. The number of benzene rings is 1. The molecule has 4 nitrogen and oxygen atoms in total. The Bertz CT molecular complexity index is 536. The minimum absolute atomic E-state index is 0.276. The van der Waals surface area contributed by atoms with E-state index in [-0.39, 0.29) is 6.42 Å². The number of nitrogens with two attached hydrogens (primary N) is 1. The van der Waals surface area contributed by atoms with Crippen molar-refractivity contribution in [3.63, 3.8) is 0 Å². The van der Waals surface area contributed by atoms with Crippen LogP contribution in [-0.4, -0.2) is 22.1 Å². The van der Waals surface area contributed by atoms with Gasteiger partial charge in [0, 0.05) is 17.3 Å². The quantitative estimate of drug-likeness (QED) is 0.608. The zero-order valence-electron chi connectivity index (χ0n) is 8.47. The second kappa shape index (κ2) is 4.19. The van der Waals surface area contributed by atoms with E-state index in [0.717, 1.165) is 16.5 Å². The highest BCUT2D eigenvalue weighted by Gasteiger charge is 2.17. The number of carboxylic acid groups (broad SMARTS) is 1. The molecule has 0 bridgehead atoms. The van der Waals surface area contributed by atoms with Crippen LogP contribution in [-0.2, 0) is 11.2 Å². The van der Waals surface area contributed by atoms with E-state index >= 15 is 0 Å². The smallest absolute Gasteiger partial charge is 0.320 e. The predicted octanol–water partition coefficient (Wildman–Crippen LogP) is 1.41. The lowest BCUT2D eigenvalue weighted by Crippen LogP contribution is -2.32. The maximum atomic E-state index is 10.7. The van der Waals surface area contributed by atoms with E-state index in [0.29, 0.717) is 5.03 Å². The molecule has 2 aromatic rings. The van der Waals surface area contributed by atoms with Gasteiger partial charge in [-0.3, -0.25) is 4.79 Å². The molecule has 0 amide bonds. The summed E-state index contributed by atoms with van der Waals surface area (Å²) >= 11 is 4.30. The van der Waals surface area contributed by atoms with Crippen molar-refractivity contribution in [2.24, 2.45) is 5.73 Å². The van der Waals surface area contributed by atoms with Crippen LogP contribution in [0.1, 0.15) is 5.56 Å². The number of para-hydroxylation sites is 1. The van der Waals surface area contributed by atoms with Gasteiger partial charge in [-0.05, 0) is 11.6 Å². The lowest BCUT2D eigenvalue weighted by atomic mass is 10.1. The highest BCUT2D eigenvalue weighted by atomic mass is 32.1. The Morgan fingerprint density at radius 2 is 2.19 bits per heavy atom.